The molecule has 3 N–H and O–H groups in total. The van der Waals surface area contributed by atoms with Crippen molar-refractivity contribution in [3.8, 4) is 0 Å². The maximum absolute atomic E-state index is 12.6. The number of carbonyl (C=O) groups excluding carboxylic acids is 2. The quantitative estimate of drug-likeness (QED) is 0.816. The number of hydrogen-bond donors (Lipinski definition) is 2. The van der Waals surface area contributed by atoms with Crippen molar-refractivity contribution in [2.24, 2.45) is 5.73 Å². The van der Waals surface area contributed by atoms with Crippen LogP contribution in [0.3, 0.4) is 0 Å². The van der Waals surface area contributed by atoms with Gasteiger partial charge >= 0.3 is 6.03 Å². The van der Waals surface area contributed by atoms with Crippen molar-refractivity contribution >= 4 is 29.4 Å². The summed E-state index contributed by atoms with van der Waals surface area (Å²) in [5.41, 5.74) is 6.37. The summed E-state index contributed by atoms with van der Waals surface area (Å²) in [6, 6.07) is 9.01. The van der Waals surface area contributed by atoms with Gasteiger partial charge in [-0.15, -0.1) is 0 Å². The van der Waals surface area contributed by atoms with Crippen LogP contribution in [0.2, 0.25) is 0 Å². The molecule has 2 rings (SSSR count). The Kier molecular flexibility index (Phi) is 6.58. The molecule has 0 spiro atoms. The van der Waals surface area contributed by atoms with Gasteiger partial charge in [-0.05, 0) is 30.6 Å². The minimum absolute atomic E-state index is 0.0365. The molecule has 1 fully saturated rings. The molecule has 3 amide bonds. The van der Waals surface area contributed by atoms with Crippen molar-refractivity contribution < 1.29 is 9.59 Å². The predicted octanol–water partition coefficient (Wildman–Crippen LogP) is 1.13. The number of thioether (sulfide) groups is 1. The minimum atomic E-state index is -0.646. The van der Waals surface area contributed by atoms with Crippen LogP contribution in [0.25, 0.3) is 0 Å². The molecule has 0 radical (unpaired) electrons. The van der Waals surface area contributed by atoms with Crippen LogP contribution in [-0.2, 0) is 4.79 Å². The van der Waals surface area contributed by atoms with E-state index in [0.717, 1.165) is 18.8 Å². The van der Waals surface area contributed by atoms with Crippen molar-refractivity contribution in [2.75, 3.05) is 43.1 Å². The number of amides is 3. The highest BCUT2D eigenvalue weighted by Gasteiger charge is 2.27. The summed E-state index contributed by atoms with van der Waals surface area (Å²) in [5, 5.41) is 2.58. The fraction of sp³-hybridized carbons (Fsp3) is 0.500. The van der Waals surface area contributed by atoms with Crippen molar-refractivity contribution in [3.63, 3.8) is 0 Å². The third kappa shape index (κ3) is 5.06. The van der Waals surface area contributed by atoms with Gasteiger partial charge in [-0.2, -0.15) is 11.8 Å². The van der Waals surface area contributed by atoms with E-state index in [0.29, 0.717) is 19.5 Å². The van der Waals surface area contributed by atoms with Gasteiger partial charge < -0.3 is 20.9 Å². The highest BCUT2D eigenvalue weighted by molar-refractivity contribution is 7.98. The Morgan fingerprint density at radius 3 is 2.43 bits per heavy atom. The van der Waals surface area contributed by atoms with E-state index >= 15 is 0 Å². The third-order valence-electron chi connectivity index (χ3n) is 3.94. The summed E-state index contributed by atoms with van der Waals surface area (Å²) >= 11 is 1.65. The molecule has 7 heteroatoms. The number of rotatable bonds is 6. The average Bonchev–Trinajstić information content (AvgIpc) is 2.58. The molecule has 1 aromatic rings. The highest BCUT2D eigenvalue weighted by Crippen LogP contribution is 2.16. The zero-order valence-electron chi connectivity index (χ0n) is 13.4. The lowest BCUT2D eigenvalue weighted by Crippen LogP contribution is -2.55. The largest absolute Gasteiger partial charge is 0.368 e. The predicted molar refractivity (Wildman–Crippen MR) is 94.7 cm³/mol. The van der Waals surface area contributed by atoms with Crippen LogP contribution in [0.15, 0.2) is 30.3 Å². The average molecular weight is 336 g/mol. The lowest BCUT2D eigenvalue weighted by atomic mass is 10.1. The number of hydrogen-bond acceptors (Lipinski definition) is 4. The van der Waals surface area contributed by atoms with E-state index in [1.807, 2.05) is 29.4 Å². The van der Waals surface area contributed by atoms with Crippen LogP contribution >= 0.6 is 11.8 Å². The van der Waals surface area contributed by atoms with Crippen molar-refractivity contribution in [2.45, 2.75) is 12.5 Å². The Morgan fingerprint density at radius 2 is 1.87 bits per heavy atom. The molecule has 0 unspecified atom stereocenters. The summed E-state index contributed by atoms with van der Waals surface area (Å²) in [4.78, 5) is 27.8. The third-order valence-corrected chi connectivity index (χ3v) is 4.58. The number of benzene rings is 1. The van der Waals surface area contributed by atoms with E-state index in [-0.39, 0.29) is 5.91 Å². The summed E-state index contributed by atoms with van der Waals surface area (Å²) in [7, 11) is 0. The summed E-state index contributed by atoms with van der Waals surface area (Å²) in [6.07, 6.45) is 2.58. The van der Waals surface area contributed by atoms with Crippen LogP contribution in [0.1, 0.15) is 6.42 Å². The number of para-hydroxylation sites is 1. The van der Waals surface area contributed by atoms with Crippen LogP contribution in [-0.4, -0.2) is 61.1 Å². The maximum atomic E-state index is 12.6. The minimum Gasteiger partial charge on any atom is -0.368 e. The second kappa shape index (κ2) is 8.67. The van der Waals surface area contributed by atoms with Crippen LogP contribution < -0.4 is 16.0 Å². The van der Waals surface area contributed by atoms with Crippen LogP contribution in [0.4, 0.5) is 10.5 Å². The molecule has 23 heavy (non-hydrogen) atoms. The monoisotopic (exact) mass is 336 g/mol. The second-order valence-corrected chi connectivity index (χ2v) is 6.48. The first-order valence-corrected chi connectivity index (χ1v) is 9.15. The lowest BCUT2D eigenvalue weighted by molar-refractivity contribution is -0.133. The zero-order valence-corrected chi connectivity index (χ0v) is 14.2. The first-order chi connectivity index (χ1) is 11.1. The van der Waals surface area contributed by atoms with E-state index in [4.69, 9.17) is 5.73 Å². The Hall–Kier alpha value is -1.89. The van der Waals surface area contributed by atoms with Gasteiger partial charge in [0.15, 0.2) is 0 Å². The van der Waals surface area contributed by atoms with Crippen molar-refractivity contribution in [1.82, 2.24) is 10.2 Å². The van der Waals surface area contributed by atoms with Gasteiger partial charge in [-0.25, -0.2) is 4.79 Å². The summed E-state index contributed by atoms with van der Waals surface area (Å²) in [5.74, 6) is 0.770. The molecule has 0 bridgehead atoms. The van der Waals surface area contributed by atoms with E-state index in [1.54, 1.807) is 11.8 Å². The van der Waals surface area contributed by atoms with E-state index in [1.165, 1.54) is 5.69 Å². The number of carbonyl (C=O) groups is 2. The van der Waals surface area contributed by atoms with Gasteiger partial charge in [0.1, 0.15) is 6.04 Å². The van der Waals surface area contributed by atoms with Gasteiger partial charge in [0.05, 0.1) is 0 Å². The number of nitrogens with zero attached hydrogens (tertiary/aromatic N) is 2. The number of urea groups is 1. The van der Waals surface area contributed by atoms with Gasteiger partial charge in [0.25, 0.3) is 0 Å². The number of anilines is 1. The summed E-state index contributed by atoms with van der Waals surface area (Å²) < 4.78 is 0. The van der Waals surface area contributed by atoms with E-state index in [9.17, 15) is 9.59 Å². The maximum Gasteiger partial charge on any atom is 0.312 e. The van der Waals surface area contributed by atoms with E-state index < -0.39 is 12.1 Å². The lowest BCUT2D eigenvalue weighted by Gasteiger charge is -2.37. The molecule has 0 aliphatic carbocycles. The smallest absolute Gasteiger partial charge is 0.312 e. The molecule has 6 nitrogen and oxygen atoms in total. The highest BCUT2D eigenvalue weighted by atomic mass is 32.2. The van der Waals surface area contributed by atoms with Crippen molar-refractivity contribution in [1.29, 1.82) is 0 Å². The van der Waals surface area contributed by atoms with Crippen molar-refractivity contribution in [3.05, 3.63) is 30.3 Å². The molecule has 1 aromatic carbocycles. The molecular weight excluding hydrogens is 312 g/mol. The molecule has 1 aliphatic heterocycles. The fourth-order valence-corrected chi connectivity index (χ4v) is 3.18. The zero-order chi connectivity index (χ0) is 16.7. The summed E-state index contributed by atoms with van der Waals surface area (Å²) in [6.45, 7) is 2.90. The van der Waals surface area contributed by atoms with E-state index in [2.05, 4.69) is 22.3 Å². The molecule has 1 heterocycles. The molecular formula is C16H24N4O2S. The topological polar surface area (TPSA) is 78.7 Å². The van der Waals surface area contributed by atoms with Crippen LogP contribution in [0.5, 0.6) is 0 Å². The second-order valence-electron chi connectivity index (χ2n) is 5.49. The normalized spacial score (nSPS) is 16.0. The Bertz CT molecular complexity index is 518. The van der Waals surface area contributed by atoms with Gasteiger partial charge in [-0.3, -0.25) is 4.79 Å². The Morgan fingerprint density at radius 1 is 1.22 bits per heavy atom. The van der Waals surface area contributed by atoms with Gasteiger partial charge in [0.2, 0.25) is 5.91 Å². The van der Waals surface area contributed by atoms with Gasteiger partial charge in [-0.1, -0.05) is 18.2 Å². The Labute approximate surface area is 141 Å². The Balaban J connectivity index is 1.91. The molecule has 1 saturated heterocycles. The first kappa shape index (κ1) is 17.5. The van der Waals surface area contributed by atoms with Gasteiger partial charge in [0, 0.05) is 31.9 Å². The number of primary amides is 1. The standard InChI is InChI=1S/C16H24N4O2S/c1-23-12-7-14(18-16(17)22)15(21)20-10-8-19(9-11-20)13-5-3-2-4-6-13/h2-6,14H,7-12H2,1H3,(H3,17,18,22)/t14-/m1/s1. The number of piperazine rings is 1. The molecule has 0 saturated carbocycles. The molecule has 1 aliphatic rings. The number of nitrogens with one attached hydrogen (secondary N) is 1. The molecule has 126 valence electrons. The molecule has 0 aromatic heterocycles. The number of nitrogens with two attached hydrogens (primary N) is 1. The SMILES string of the molecule is CSCC[C@@H](NC(N)=O)C(=O)N1CCN(c2ccccc2)CC1. The first-order valence-electron chi connectivity index (χ1n) is 7.75. The fourth-order valence-electron chi connectivity index (χ4n) is 2.71. The molecule has 1 atom stereocenters. The van der Waals surface area contributed by atoms with Crippen LogP contribution in [0, 0.1) is 0 Å².